The second-order valence-electron chi connectivity index (χ2n) is 7.13. The molecule has 1 saturated heterocycles. The van der Waals surface area contributed by atoms with Crippen LogP contribution in [0.2, 0.25) is 0 Å². The highest BCUT2D eigenvalue weighted by atomic mass is 35.5. The Morgan fingerprint density at radius 2 is 2.00 bits per heavy atom. The van der Waals surface area contributed by atoms with E-state index in [0.29, 0.717) is 35.5 Å². The number of rotatable bonds is 6. The minimum Gasteiger partial charge on any atom is -0.349 e. The number of nitrogens with one attached hydrogen (secondary N) is 3. The van der Waals surface area contributed by atoms with E-state index in [4.69, 9.17) is 0 Å². The van der Waals surface area contributed by atoms with Crippen molar-refractivity contribution in [2.24, 2.45) is 11.8 Å². The second-order valence-corrected chi connectivity index (χ2v) is 7.13. The van der Waals surface area contributed by atoms with Gasteiger partial charge in [0.2, 0.25) is 5.91 Å². The lowest BCUT2D eigenvalue weighted by Gasteiger charge is -2.28. The fourth-order valence-corrected chi connectivity index (χ4v) is 3.31. The van der Waals surface area contributed by atoms with Gasteiger partial charge in [-0.3, -0.25) is 9.59 Å². The van der Waals surface area contributed by atoms with E-state index in [1.807, 2.05) is 12.1 Å². The van der Waals surface area contributed by atoms with Crippen LogP contribution in [0.25, 0.3) is 0 Å². The molecule has 1 saturated carbocycles. The molecule has 1 aliphatic carbocycles. The summed E-state index contributed by atoms with van der Waals surface area (Å²) < 4.78 is 0. The average Bonchev–Trinajstić information content (AvgIpc) is 3.40. The van der Waals surface area contributed by atoms with Crippen LogP contribution in [0.5, 0.6) is 0 Å². The molecule has 0 bridgehead atoms. The van der Waals surface area contributed by atoms with Gasteiger partial charge in [-0.1, -0.05) is 19.1 Å². The van der Waals surface area contributed by atoms with Crippen LogP contribution in [0.15, 0.2) is 24.3 Å². The first-order valence-electron chi connectivity index (χ1n) is 9.04. The van der Waals surface area contributed by atoms with E-state index in [-0.39, 0.29) is 24.2 Å². The summed E-state index contributed by atoms with van der Waals surface area (Å²) in [5.74, 6) is 0.779. The van der Waals surface area contributed by atoms with E-state index in [2.05, 4.69) is 22.9 Å². The Morgan fingerprint density at radius 3 is 2.68 bits per heavy atom. The largest absolute Gasteiger partial charge is 0.349 e. The van der Waals surface area contributed by atoms with Crippen LogP contribution in [0, 0.1) is 11.8 Å². The first-order chi connectivity index (χ1) is 11.6. The highest BCUT2D eigenvalue weighted by Gasteiger charge is 2.26. The van der Waals surface area contributed by atoms with Crippen molar-refractivity contribution in [3.8, 4) is 0 Å². The number of piperidine rings is 1. The quantitative estimate of drug-likeness (QED) is 0.725. The van der Waals surface area contributed by atoms with Crippen LogP contribution in [-0.4, -0.2) is 30.9 Å². The van der Waals surface area contributed by atoms with Crippen LogP contribution in [0.1, 0.15) is 49.4 Å². The van der Waals surface area contributed by atoms with Gasteiger partial charge in [-0.25, -0.2) is 0 Å². The first kappa shape index (κ1) is 19.7. The second kappa shape index (κ2) is 9.20. The Bertz CT molecular complexity index is 598. The number of hydrogen-bond donors (Lipinski definition) is 3. The lowest BCUT2D eigenvalue weighted by atomic mass is 9.85. The normalized spacial score (nSPS) is 20.9. The number of benzene rings is 1. The molecule has 2 atom stereocenters. The summed E-state index contributed by atoms with van der Waals surface area (Å²) in [5, 5.41) is 9.31. The number of anilines is 1. The Morgan fingerprint density at radius 1 is 1.24 bits per heavy atom. The molecule has 3 rings (SSSR count). The van der Waals surface area contributed by atoms with E-state index in [1.165, 1.54) is 12.8 Å². The smallest absolute Gasteiger partial charge is 0.253 e. The van der Waals surface area contributed by atoms with Crippen molar-refractivity contribution < 1.29 is 9.59 Å². The third-order valence-electron chi connectivity index (χ3n) is 5.01. The molecule has 1 heterocycles. The van der Waals surface area contributed by atoms with Crippen LogP contribution in [0.4, 0.5) is 5.69 Å². The molecular weight excluding hydrogens is 338 g/mol. The van der Waals surface area contributed by atoms with Gasteiger partial charge in [0.15, 0.2) is 0 Å². The predicted octanol–water partition coefficient (Wildman–Crippen LogP) is 2.96. The molecule has 1 aromatic carbocycles. The summed E-state index contributed by atoms with van der Waals surface area (Å²) in [6, 6.07) is 7.54. The van der Waals surface area contributed by atoms with Crippen LogP contribution >= 0.6 is 12.4 Å². The van der Waals surface area contributed by atoms with Crippen LogP contribution < -0.4 is 16.0 Å². The lowest BCUT2D eigenvalue weighted by molar-refractivity contribution is -0.117. The van der Waals surface area contributed by atoms with Gasteiger partial charge in [-0.2, -0.15) is 0 Å². The molecule has 2 amide bonds. The third kappa shape index (κ3) is 5.72. The molecule has 0 spiro atoms. The maximum Gasteiger partial charge on any atom is 0.253 e. The molecule has 2 fully saturated rings. The molecule has 6 heteroatoms. The van der Waals surface area contributed by atoms with E-state index >= 15 is 0 Å². The monoisotopic (exact) mass is 365 g/mol. The molecule has 0 radical (unpaired) electrons. The Balaban J connectivity index is 0.00000225. The SMILES string of the molecule is CC(CC(=O)Nc1ccccc1C(=O)NC1CC1)C1CCCNC1.Cl. The van der Waals surface area contributed by atoms with Gasteiger partial charge >= 0.3 is 0 Å². The zero-order valence-corrected chi connectivity index (χ0v) is 15.5. The van der Waals surface area contributed by atoms with Crippen molar-refractivity contribution in [3.05, 3.63) is 29.8 Å². The van der Waals surface area contributed by atoms with Crippen LogP contribution in [-0.2, 0) is 4.79 Å². The van der Waals surface area contributed by atoms with Crippen molar-refractivity contribution in [2.75, 3.05) is 18.4 Å². The maximum atomic E-state index is 12.4. The summed E-state index contributed by atoms with van der Waals surface area (Å²) in [6.07, 6.45) is 4.95. The van der Waals surface area contributed by atoms with E-state index in [0.717, 1.165) is 25.9 Å². The Hall–Kier alpha value is -1.59. The zero-order valence-electron chi connectivity index (χ0n) is 14.7. The molecule has 0 aromatic heterocycles. The van der Waals surface area contributed by atoms with Crippen molar-refractivity contribution in [1.82, 2.24) is 10.6 Å². The van der Waals surface area contributed by atoms with Gasteiger partial charge in [0.1, 0.15) is 0 Å². The molecule has 1 aromatic rings. The van der Waals surface area contributed by atoms with Crippen molar-refractivity contribution in [3.63, 3.8) is 0 Å². The summed E-state index contributed by atoms with van der Waals surface area (Å²) in [6.45, 7) is 4.22. The third-order valence-corrected chi connectivity index (χ3v) is 5.01. The number of para-hydroxylation sites is 1. The molecule has 2 aliphatic rings. The van der Waals surface area contributed by atoms with E-state index in [1.54, 1.807) is 12.1 Å². The number of carbonyl (C=O) groups excluding carboxylic acids is 2. The van der Waals surface area contributed by atoms with Gasteiger partial charge < -0.3 is 16.0 Å². The highest BCUT2D eigenvalue weighted by molar-refractivity contribution is 6.03. The van der Waals surface area contributed by atoms with Gasteiger partial charge in [-0.05, 0) is 62.7 Å². The van der Waals surface area contributed by atoms with E-state index in [9.17, 15) is 9.59 Å². The van der Waals surface area contributed by atoms with Crippen molar-refractivity contribution >= 4 is 29.9 Å². The fourth-order valence-electron chi connectivity index (χ4n) is 3.31. The summed E-state index contributed by atoms with van der Waals surface area (Å²) in [5.41, 5.74) is 1.15. The summed E-state index contributed by atoms with van der Waals surface area (Å²) in [7, 11) is 0. The Labute approximate surface area is 155 Å². The fraction of sp³-hybridized carbons (Fsp3) is 0.579. The summed E-state index contributed by atoms with van der Waals surface area (Å²) >= 11 is 0. The lowest BCUT2D eigenvalue weighted by Crippen LogP contribution is -2.34. The maximum absolute atomic E-state index is 12.4. The van der Waals surface area contributed by atoms with Crippen LogP contribution in [0.3, 0.4) is 0 Å². The predicted molar refractivity (Wildman–Crippen MR) is 102 cm³/mol. The van der Waals surface area contributed by atoms with E-state index < -0.39 is 0 Å². The number of amides is 2. The van der Waals surface area contributed by atoms with Gasteiger partial charge in [-0.15, -0.1) is 12.4 Å². The van der Waals surface area contributed by atoms with Gasteiger partial charge in [0, 0.05) is 12.5 Å². The first-order valence-corrected chi connectivity index (χ1v) is 9.04. The molecule has 25 heavy (non-hydrogen) atoms. The molecule has 5 nitrogen and oxygen atoms in total. The van der Waals surface area contributed by atoms with Gasteiger partial charge in [0.25, 0.3) is 5.91 Å². The Kier molecular flexibility index (Phi) is 7.26. The minimum atomic E-state index is -0.0991. The van der Waals surface area contributed by atoms with Gasteiger partial charge in [0.05, 0.1) is 11.3 Å². The molecular formula is C19H28ClN3O2. The standard InChI is InChI=1S/C19H27N3O2.ClH/c1-13(14-5-4-10-20-12-14)11-18(23)22-17-7-3-2-6-16(17)19(24)21-15-8-9-15;/h2-3,6-7,13-15,20H,4-5,8-12H2,1H3,(H,21,24)(H,22,23);1H. The zero-order chi connectivity index (χ0) is 16.9. The molecule has 3 N–H and O–H groups in total. The molecule has 1 aliphatic heterocycles. The number of hydrogen-bond acceptors (Lipinski definition) is 3. The molecule has 138 valence electrons. The highest BCUT2D eigenvalue weighted by Crippen LogP contribution is 2.24. The minimum absolute atomic E-state index is 0. The van der Waals surface area contributed by atoms with Crippen molar-refractivity contribution in [1.29, 1.82) is 0 Å². The average molecular weight is 366 g/mol. The number of halogens is 1. The van der Waals surface area contributed by atoms with Crippen molar-refractivity contribution in [2.45, 2.75) is 45.1 Å². The molecule has 2 unspecified atom stereocenters. The summed E-state index contributed by atoms with van der Waals surface area (Å²) in [4.78, 5) is 24.7. The number of carbonyl (C=O) groups is 2. The topological polar surface area (TPSA) is 70.2 Å².